The lowest BCUT2D eigenvalue weighted by Gasteiger charge is -2.05. The van der Waals surface area contributed by atoms with Crippen LogP contribution in [0.1, 0.15) is 67.2 Å². The standard InChI is InChI=1S/C12H20O4.C10H16O4/c1-3-5-9-15-11(13)7-8-12(14)16-10-6-4-2;1-7(2)13-9(11)5-6-10(12)14-8(3)4/h7-8H,3-6,9-10H2,1-2H3;5-8H,1-4H3. The number of carbonyl (C=O) groups is 4. The van der Waals surface area contributed by atoms with Crippen molar-refractivity contribution in [2.75, 3.05) is 13.2 Å². The zero-order valence-corrected chi connectivity index (χ0v) is 19.0. The van der Waals surface area contributed by atoms with Gasteiger partial charge in [-0.05, 0) is 40.5 Å². The summed E-state index contributed by atoms with van der Waals surface area (Å²) >= 11 is 0. The SMILES string of the molecule is CC(C)OC(=O)C=CC(=O)OC(C)C.CCCCOC(=O)C=CC(=O)OCCCC. The number of carbonyl (C=O) groups excluding carboxylic acids is 4. The first-order valence-electron chi connectivity index (χ1n) is 10.2. The minimum Gasteiger partial charge on any atom is -0.463 e. The van der Waals surface area contributed by atoms with E-state index in [9.17, 15) is 19.2 Å². The number of hydrogen-bond donors (Lipinski definition) is 0. The first-order valence-corrected chi connectivity index (χ1v) is 10.2. The molecule has 0 aromatic rings. The first kappa shape index (κ1) is 29.6. The van der Waals surface area contributed by atoms with Crippen LogP contribution in [0.3, 0.4) is 0 Å². The zero-order valence-electron chi connectivity index (χ0n) is 19.0. The van der Waals surface area contributed by atoms with E-state index < -0.39 is 23.9 Å². The smallest absolute Gasteiger partial charge is 0.331 e. The van der Waals surface area contributed by atoms with Crippen molar-refractivity contribution in [2.24, 2.45) is 0 Å². The Bertz CT molecular complexity index is 513. The summed E-state index contributed by atoms with van der Waals surface area (Å²) in [5.74, 6) is -2.08. The third kappa shape index (κ3) is 23.4. The van der Waals surface area contributed by atoms with Gasteiger partial charge >= 0.3 is 23.9 Å². The molecule has 0 bridgehead atoms. The monoisotopic (exact) mass is 428 g/mol. The fraction of sp³-hybridized carbons (Fsp3) is 0.636. The summed E-state index contributed by atoms with van der Waals surface area (Å²) in [4.78, 5) is 43.9. The van der Waals surface area contributed by atoms with Gasteiger partial charge in [0.2, 0.25) is 0 Å². The van der Waals surface area contributed by atoms with E-state index in [1.165, 1.54) is 0 Å². The highest BCUT2D eigenvalue weighted by Gasteiger charge is 2.04. The molecule has 0 rings (SSSR count). The van der Waals surface area contributed by atoms with Crippen LogP contribution in [0.25, 0.3) is 0 Å². The Morgan fingerprint density at radius 2 is 0.900 bits per heavy atom. The van der Waals surface area contributed by atoms with Gasteiger partial charge in [-0.25, -0.2) is 19.2 Å². The van der Waals surface area contributed by atoms with Crippen LogP contribution in [-0.2, 0) is 38.1 Å². The van der Waals surface area contributed by atoms with Crippen LogP contribution in [0.5, 0.6) is 0 Å². The molecule has 0 aromatic heterocycles. The number of unbranched alkanes of at least 4 members (excludes halogenated alkanes) is 2. The van der Waals surface area contributed by atoms with Crippen molar-refractivity contribution in [3.8, 4) is 0 Å². The molecule has 0 amide bonds. The van der Waals surface area contributed by atoms with E-state index >= 15 is 0 Å². The molecule has 0 radical (unpaired) electrons. The van der Waals surface area contributed by atoms with E-state index in [0.717, 1.165) is 50.0 Å². The van der Waals surface area contributed by atoms with Gasteiger partial charge in [0.05, 0.1) is 25.4 Å². The molecule has 30 heavy (non-hydrogen) atoms. The second-order valence-electron chi connectivity index (χ2n) is 6.68. The average molecular weight is 429 g/mol. The highest BCUT2D eigenvalue weighted by atomic mass is 16.6. The molecule has 0 fully saturated rings. The maximum Gasteiger partial charge on any atom is 0.331 e. The van der Waals surface area contributed by atoms with Crippen molar-refractivity contribution in [3.63, 3.8) is 0 Å². The summed E-state index contributed by atoms with van der Waals surface area (Å²) in [6.45, 7) is 11.7. The predicted molar refractivity (Wildman–Crippen MR) is 112 cm³/mol. The summed E-state index contributed by atoms with van der Waals surface area (Å²) in [6, 6.07) is 0. The number of ether oxygens (including phenoxy) is 4. The van der Waals surface area contributed by atoms with Gasteiger partial charge in [-0.2, -0.15) is 0 Å². The molecule has 8 heteroatoms. The maximum atomic E-state index is 11.0. The Balaban J connectivity index is 0. The van der Waals surface area contributed by atoms with Gasteiger partial charge < -0.3 is 18.9 Å². The minimum atomic E-state index is -0.541. The summed E-state index contributed by atoms with van der Waals surface area (Å²) in [6.07, 6.45) is 7.55. The van der Waals surface area contributed by atoms with Crippen LogP contribution in [0.2, 0.25) is 0 Å². The fourth-order valence-electron chi connectivity index (χ4n) is 1.55. The lowest BCUT2D eigenvalue weighted by atomic mass is 10.4. The van der Waals surface area contributed by atoms with Gasteiger partial charge in [0.1, 0.15) is 0 Å². The van der Waals surface area contributed by atoms with Crippen LogP contribution in [0.4, 0.5) is 0 Å². The predicted octanol–water partition coefficient (Wildman–Crippen LogP) is 3.68. The molecule has 0 N–H and O–H groups in total. The van der Waals surface area contributed by atoms with E-state index in [2.05, 4.69) is 0 Å². The van der Waals surface area contributed by atoms with Gasteiger partial charge in [0.15, 0.2) is 0 Å². The first-order chi connectivity index (χ1) is 14.1. The summed E-state index contributed by atoms with van der Waals surface area (Å²) < 4.78 is 19.2. The van der Waals surface area contributed by atoms with Crippen LogP contribution < -0.4 is 0 Å². The molecule has 0 heterocycles. The van der Waals surface area contributed by atoms with Gasteiger partial charge in [-0.15, -0.1) is 0 Å². The molecular formula is C22H36O8. The Hall–Kier alpha value is -2.64. The highest BCUT2D eigenvalue weighted by molar-refractivity contribution is 5.92. The molecule has 0 aromatic carbocycles. The van der Waals surface area contributed by atoms with Gasteiger partial charge in [-0.1, -0.05) is 26.7 Å². The lowest BCUT2D eigenvalue weighted by molar-refractivity contribution is -0.144. The Kier molecular flexibility index (Phi) is 19.4. The molecule has 0 aliphatic carbocycles. The molecule has 172 valence electrons. The minimum absolute atomic E-state index is 0.187. The van der Waals surface area contributed by atoms with Gasteiger partial charge in [0.25, 0.3) is 0 Å². The molecular weight excluding hydrogens is 392 g/mol. The molecule has 0 unspecified atom stereocenters. The van der Waals surface area contributed by atoms with E-state index in [1.54, 1.807) is 27.7 Å². The Labute approximate surface area is 179 Å². The quantitative estimate of drug-likeness (QED) is 0.201. The van der Waals surface area contributed by atoms with Crippen molar-refractivity contribution in [2.45, 2.75) is 79.4 Å². The fourth-order valence-corrected chi connectivity index (χ4v) is 1.55. The zero-order chi connectivity index (χ0) is 23.4. The molecule has 0 aliphatic rings. The lowest BCUT2D eigenvalue weighted by Crippen LogP contribution is -2.11. The topological polar surface area (TPSA) is 105 Å². The highest BCUT2D eigenvalue weighted by Crippen LogP contribution is 1.94. The van der Waals surface area contributed by atoms with Crippen molar-refractivity contribution in [1.29, 1.82) is 0 Å². The van der Waals surface area contributed by atoms with E-state index in [0.29, 0.717) is 13.2 Å². The third-order valence-electron chi connectivity index (χ3n) is 2.90. The Morgan fingerprint density at radius 3 is 1.17 bits per heavy atom. The number of hydrogen-bond acceptors (Lipinski definition) is 8. The van der Waals surface area contributed by atoms with Crippen molar-refractivity contribution < 1.29 is 38.1 Å². The van der Waals surface area contributed by atoms with Crippen LogP contribution in [-0.4, -0.2) is 49.3 Å². The van der Waals surface area contributed by atoms with Gasteiger partial charge in [-0.3, -0.25) is 0 Å². The number of esters is 4. The Morgan fingerprint density at radius 1 is 0.600 bits per heavy atom. The molecule has 0 spiro atoms. The van der Waals surface area contributed by atoms with E-state index in [-0.39, 0.29) is 12.2 Å². The average Bonchev–Trinajstić information content (AvgIpc) is 2.65. The summed E-state index contributed by atoms with van der Waals surface area (Å²) in [5, 5.41) is 0. The second kappa shape index (κ2) is 19.7. The van der Waals surface area contributed by atoms with Crippen LogP contribution >= 0.6 is 0 Å². The number of rotatable bonds is 12. The van der Waals surface area contributed by atoms with Crippen LogP contribution in [0.15, 0.2) is 24.3 Å². The summed E-state index contributed by atoms with van der Waals surface area (Å²) in [7, 11) is 0. The van der Waals surface area contributed by atoms with Crippen LogP contribution in [0, 0.1) is 0 Å². The molecule has 0 saturated heterocycles. The third-order valence-corrected chi connectivity index (χ3v) is 2.90. The normalized spacial score (nSPS) is 10.7. The second-order valence-corrected chi connectivity index (χ2v) is 6.68. The van der Waals surface area contributed by atoms with Crippen molar-refractivity contribution >= 4 is 23.9 Å². The maximum absolute atomic E-state index is 11.0. The molecule has 0 saturated carbocycles. The molecule has 8 nitrogen and oxygen atoms in total. The molecule has 0 aliphatic heterocycles. The van der Waals surface area contributed by atoms with Gasteiger partial charge in [0, 0.05) is 24.3 Å². The van der Waals surface area contributed by atoms with E-state index in [1.807, 2.05) is 13.8 Å². The van der Waals surface area contributed by atoms with Crippen molar-refractivity contribution in [1.82, 2.24) is 0 Å². The molecule has 0 atom stereocenters. The largest absolute Gasteiger partial charge is 0.463 e. The van der Waals surface area contributed by atoms with Crippen molar-refractivity contribution in [3.05, 3.63) is 24.3 Å². The summed E-state index contributed by atoms with van der Waals surface area (Å²) in [5.41, 5.74) is 0. The van der Waals surface area contributed by atoms with E-state index in [4.69, 9.17) is 18.9 Å².